The number of ether oxygens (including phenoxy) is 1. The van der Waals surface area contributed by atoms with Gasteiger partial charge in [-0.05, 0) is 18.2 Å². The van der Waals surface area contributed by atoms with Gasteiger partial charge in [-0.2, -0.15) is 16.8 Å². The standard InChI is InChI=1S/C10H13NO7S2.2Na.2H/c12-19(13,14)8-1-2-10(20(15,16)17)9(7-8)11-3-5-18-6-4-11;;;;/h1-2,7H,3-6H2,(H,12,13,14)(H,15,16,17);;;;/q;2*+1;2*-1. The van der Waals surface area contributed by atoms with Gasteiger partial charge in [0.1, 0.15) is 4.90 Å². The summed E-state index contributed by atoms with van der Waals surface area (Å²) in [6.45, 7) is 1.39. The van der Waals surface area contributed by atoms with Crippen molar-refractivity contribution >= 4 is 25.9 Å². The first-order valence-electron chi connectivity index (χ1n) is 5.61. The van der Waals surface area contributed by atoms with Crippen molar-refractivity contribution in [1.82, 2.24) is 0 Å². The maximum absolute atomic E-state index is 11.3. The van der Waals surface area contributed by atoms with Gasteiger partial charge in [0.05, 0.1) is 23.8 Å². The first kappa shape index (κ1) is 22.8. The topological polar surface area (TPSA) is 121 Å². The summed E-state index contributed by atoms with van der Waals surface area (Å²) in [6, 6.07) is 2.88. The Bertz CT molecular complexity index is 725. The average Bonchev–Trinajstić information content (AvgIpc) is 2.37. The summed E-state index contributed by atoms with van der Waals surface area (Å²) in [7, 11) is -8.96. The van der Waals surface area contributed by atoms with Gasteiger partial charge in [0.2, 0.25) is 0 Å². The van der Waals surface area contributed by atoms with Gasteiger partial charge < -0.3 is 12.5 Å². The van der Waals surface area contributed by atoms with E-state index in [9.17, 15) is 21.4 Å². The molecule has 8 nitrogen and oxygen atoms in total. The van der Waals surface area contributed by atoms with Crippen molar-refractivity contribution in [3.63, 3.8) is 0 Å². The second kappa shape index (κ2) is 8.77. The molecule has 1 aliphatic rings. The zero-order valence-corrected chi connectivity index (χ0v) is 17.9. The Morgan fingerprint density at radius 2 is 1.55 bits per heavy atom. The zero-order valence-electron chi connectivity index (χ0n) is 14.3. The molecule has 0 bridgehead atoms. The average molecular weight is 371 g/mol. The summed E-state index contributed by atoms with van der Waals surface area (Å²) >= 11 is 0. The number of nitrogens with zero attached hydrogens (tertiary/aromatic N) is 1. The summed E-state index contributed by atoms with van der Waals surface area (Å²) in [6.07, 6.45) is 0. The fourth-order valence-corrected chi connectivity index (χ4v) is 3.12. The Morgan fingerprint density at radius 1 is 1.00 bits per heavy atom. The third-order valence-corrected chi connectivity index (χ3v) is 4.61. The third kappa shape index (κ3) is 5.71. The Hall–Kier alpha value is 0.800. The molecular formula is C10H15NNa2O7S2. The Kier molecular flexibility index (Phi) is 9.09. The normalized spacial score (nSPS) is 15.6. The smallest absolute Gasteiger partial charge is 1.00 e. The molecule has 1 aromatic carbocycles. The van der Waals surface area contributed by atoms with E-state index in [1.807, 2.05) is 0 Å². The van der Waals surface area contributed by atoms with E-state index in [0.717, 1.165) is 18.2 Å². The van der Waals surface area contributed by atoms with Crippen LogP contribution in [0.3, 0.4) is 0 Å². The molecular weight excluding hydrogens is 356 g/mol. The van der Waals surface area contributed by atoms with E-state index >= 15 is 0 Å². The quantitative estimate of drug-likeness (QED) is 0.398. The van der Waals surface area contributed by atoms with E-state index in [2.05, 4.69) is 0 Å². The van der Waals surface area contributed by atoms with Crippen LogP contribution >= 0.6 is 0 Å². The molecule has 2 rings (SSSR count). The van der Waals surface area contributed by atoms with Crippen LogP contribution in [0, 0.1) is 0 Å². The van der Waals surface area contributed by atoms with Crippen LogP contribution in [0.15, 0.2) is 28.0 Å². The fraction of sp³-hybridized carbons (Fsp3) is 0.400. The first-order chi connectivity index (χ1) is 9.19. The predicted octanol–water partition coefficient (Wildman–Crippen LogP) is -5.75. The van der Waals surface area contributed by atoms with Crippen LogP contribution in [0.1, 0.15) is 2.85 Å². The largest absolute Gasteiger partial charge is 1.00 e. The number of rotatable bonds is 3. The molecule has 0 saturated carbocycles. The number of morpholine rings is 1. The van der Waals surface area contributed by atoms with E-state index in [4.69, 9.17) is 9.29 Å². The van der Waals surface area contributed by atoms with E-state index in [0.29, 0.717) is 26.3 Å². The number of benzene rings is 1. The van der Waals surface area contributed by atoms with Crippen molar-refractivity contribution in [3.05, 3.63) is 18.2 Å². The Morgan fingerprint density at radius 3 is 2.00 bits per heavy atom. The Labute approximate surface area is 176 Å². The summed E-state index contributed by atoms with van der Waals surface area (Å²) in [5.41, 5.74) is 0.0194. The van der Waals surface area contributed by atoms with Crippen LogP contribution in [0.25, 0.3) is 0 Å². The fourth-order valence-electron chi connectivity index (χ4n) is 1.93. The first-order valence-corrected chi connectivity index (χ1v) is 8.49. The van der Waals surface area contributed by atoms with Gasteiger partial charge in [0, 0.05) is 13.1 Å². The van der Waals surface area contributed by atoms with Crippen molar-refractivity contribution in [2.24, 2.45) is 0 Å². The summed E-state index contributed by atoms with van der Waals surface area (Å²) in [5.74, 6) is 0. The van der Waals surface area contributed by atoms with Crippen LogP contribution in [0.5, 0.6) is 0 Å². The predicted molar refractivity (Wildman–Crippen MR) is 71.3 cm³/mol. The van der Waals surface area contributed by atoms with Crippen molar-refractivity contribution in [1.29, 1.82) is 0 Å². The maximum Gasteiger partial charge on any atom is 1.00 e. The minimum Gasteiger partial charge on any atom is -1.00 e. The molecule has 2 N–H and O–H groups in total. The molecule has 0 aliphatic carbocycles. The van der Waals surface area contributed by atoms with Crippen LogP contribution < -0.4 is 64.0 Å². The molecule has 1 fully saturated rings. The second-order valence-corrected chi connectivity index (χ2v) is 6.99. The number of hydrogen-bond donors (Lipinski definition) is 2. The molecule has 1 aromatic rings. The number of anilines is 1. The minimum atomic E-state index is -4.50. The van der Waals surface area contributed by atoms with Gasteiger partial charge in [0.25, 0.3) is 20.2 Å². The van der Waals surface area contributed by atoms with Crippen molar-refractivity contribution in [2.75, 3.05) is 31.2 Å². The van der Waals surface area contributed by atoms with Crippen LogP contribution in [-0.2, 0) is 25.0 Å². The molecule has 1 saturated heterocycles. The minimum absolute atomic E-state index is 0. The van der Waals surface area contributed by atoms with Gasteiger partial charge in [-0.25, -0.2) is 0 Å². The van der Waals surface area contributed by atoms with Gasteiger partial charge >= 0.3 is 59.1 Å². The van der Waals surface area contributed by atoms with Gasteiger partial charge in [-0.1, -0.05) is 0 Å². The SMILES string of the molecule is O=S(=O)(O)c1ccc(S(=O)(=O)O)c(N2CCOCC2)c1.[H-].[H-].[Na+].[Na+]. The maximum atomic E-state index is 11.3. The summed E-state index contributed by atoms with van der Waals surface area (Å²) < 4.78 is 68.3. The summed E-state index contributed by atoms with van der Waals surface area (Å²) in [5, 5.41) is 0. The van der Waals surface area contributed by atoms with Gasteiger partial charge in [-0.3, -0.25) is 9.11 Å². The second-order valence-electron chi connectivity index (χ2n) is 4.18. The molecule has 0 unspecified atom stereocenters. The molecule has 22 heavy (non-hydrogen) atoms. The molecule has 0 atom stereocenters. The van der Waals surface area contributed by atoms with E-state index in [1.165, 1.54) is 0 Å². The van der Waals surface area contributed by atoms with Crippen molar-refractivity contribution in [3.8, 4) is 0 Å². The molecule has 12 heteroatoms. The van der Waals surface area contributed by atoms with Gasteiger partial charge in [0.15, 0.2) is 0 Å². The zero-order chi connectivity index (χ0) is 15.0. The Balaban J connectivity index is -0.00000110. The van der Waals surface area contributed by atoms with Crippen LogP contribution in [-0.4, -0.2) is 52.2 Å². The molecule has 0 amide bonds. The molecule has 0 aromatic heterocycles. The van der Waals surface area contributed by atoms with E-state index in [-0.39, 0.29) is 67.7 Å². The molecule has 0 radical (unpaired) electrons. The van der Waals surface area contributed by atoms with E-state index < -0.39 is 30.0 Å². The molecule has 0 spiro atoms. The third-order valence-electron chi connectivity index (χ3n) is 2.86. The van der Waals surface area contributed by atoms with Crippen molar-refractivity contribution in [2.45, 2.75) is 9.79 Å². The monoisotopic (exact) mass is 371 g/mol. The number of hydrogen-bond acceptors (Lipinski definition) is 6. The van der Waals surface area contributed by atoms with Crippen LogP contribution in [0.2, 0.25) is 0 Å². The molecule has 116 valence electrons. The summed E-state index contributed by atoms with van der Waals surface area (Å²) in [4.78, 5) is 0.722. The molecule has 1 heterocycles. The van der Waals surface area contributed by atoms with Crippen LogP contribution in [0.4, 0.5) is 5.69 Å². The van der Waals surface area contributed by atoms with E-state index in [1.54, 1.807) is 4.90 Å². The van der Waals surface area contributed by atoms with Gasteiger partial charge in [-0.15, -0.1) is 0 Å². The van der Waals surface area contributed by atoms with Crippen molar-refractivity contribution < 1.29 is 92.6 Å². The molecule has 1 aliphatic heterocycles.